The third-order valence-electron chi connectivity index (χ3n) is 1.29. The van der Waals surface area contributed by atoms with Crippen molar-refractivity contribution < 1.29 is 22.7 Å². The Bertz CT molecular complexity index is 237. The van der Waals surface area contributed by atoms with Crippen molar-refractivity contribution in [1.82, 2.24) is 0 Å². The number of hydrogen-bond donors (Lipinski definition) is 0. The van der Waals surface area contributed by atoms with Crippen LogP contribution in [0.4, 0.5) is 4.39 Å². The Hall–Kier alpha value is 0.0634. The fraction of sp³-hybridized carbons (Fsp3) is 0.143. The molecule has 10 heavy (non-hydrogen) atoms. The summed E-state index contributed by atoms with van der Waals surface area (Å²) in [5, 5.41) is 0.710. The Kier molecular flexibility index (Phi) is 2.43. The molecule has 0 aliphatic carbocycles. The Labute approximate surface area is 74.1 Å². The van der Waals surface area contributed by atoms with E-state index in [9.17, 15) is 4.39 Å². The molecule has 0 spiro atoms. The molecule has 0 heterocycles. The van der Waals surface area contributed by atoms with Crippen LogP contribution in [0.15, 0.2) is 12.1 Å². The van der Waals surface area contributed by atoms with Crippen molar-refractivity contribution in [2.45, 2.75) is 6.92 Å². The van der Waals surface area contributed by atoms with E-state index in [2.05, 4.69) is 0 Å². The average Bonchev–Trinajstić information content (AvgIpc) is 1.82. The van der Waals surface area contributed by atoms with Gasteiger partial charge in [-0.2, -0.15) is 0 Å². The molecule has 0 aliphatic heterocycles. The van der Waals surface area contributed by atoms with Crippen LogP contribution in [0.5, 0.6) is 0 Å². The van der Waals surface area contributed by atoms with Gasteiger partial charge in [-0.3, -0.25) is 0 Å². The standard InChI is InChI=1S/C7H5ClF.Zn/c1-5-4-6(9)2-3-7(5)8;/h2,4H,1H3;. The van der Waals surface area contributed by atoms with E-state index in [1.807, 2.05) is 6.92 Å². The number of benzene rings is 1. The molecule has 49 valence electrons. The first-order valence-corrected chi connectivity index (χ1v) is 4.75. The minimum atomic E-state index is -0.192. The first-order chi connectivity index (χ1) is 4.61. The molecule has 0 bridgehead atoms. The van der Waals surface area contributed by atoms with Gasteiger partial charge in [-0.15, -0.1) is 0 Å². The first-order valence-electron chi connectivity index (χ1n) is 2.89. The molecular weight excluding hydrogens is 204 g/mol. The molecule has 0 aliphatic rings. The summed E-state index contributed by atoms with van der Waals surface area (Å²) in [5.74, 6) is -0.192. The van der Waals surface area contributed by atoms with Gasteiger partial charge in [0.25, 0.3) is 0 Å². The van der Waals surface area contributed by atoms with Crippen LogP contribution in [0.2, 0.25) is 5.02 Å². The second kappa shape index (κ2) is 2.98. The van der Waals surface area contributed by atoms with Crippen LogP contribution < -0.4 is 4.16 Å². The molecule has 0 amide bonds. The molecule has 0 saturated carbocycles. The fourth-order valence-electron chi connectivity index (χ4n) is 0.795. The summed E-state index contributed by atoms with van der Waals surface area (Å²) in [6, 6.07) is 2.93. The molecule has 0 nitrogen and oxygen atoms in total. The number of rotatable bonds is 0. The zero-order valence-electron chi connectivity index (χ0n) is 5.62. The average molecular weight is 209 g/mol. The van der Waals surface area contributed by atoms with E-state index in [0.717, 1.165) is 28.0 Å². The second-order valence-electron chi connectivity index (χ2n) is 2.20. The van der Waals surface area contributed by atoms with Gasteiger partial charge in [0.1, 0.15) is 0 Å². The normalized spacial score (nSPS) is 10.1. The molecule has 1 aromatic carbocycles. The van der Waals surface area contributed by atoms with Crippen molar-refractivity contribution in [3.63, 3.8) is 0 Å². The first kappa shape index (κ1) is 8.16. The zero-order valence-corrected chi connectivity index (χ0v) is 9.34. The summed E-state index contributed by atoms with van der Waals surface area (Å²) >= 11 is 6.71. The fourth-order valence-corrected chi connectivity index (χ4v) is 1.90. The van der Waals surface area contributed by atoms with Crippen LogP contribution in [0.1, 0.15) is 5.56 Å². The summed E-state index contributed by atoms with van der Waals surface area (Å²) < 4.78 is 13.5. The van der Waals surface area contributed by atoms with Crippen molar-refractivity contribution >= 4 is 15.8 Å². The molecule has 0 fully saturated rings. The minimum absolute atomic E-state index is 0.192. The molecule has 0 radical (unpaired) electrons. The zero-order chi connectivity index (χ0) is 7.72. The van der Waals surface area contributed by atoms with E-state index < -0.39 is 0 Å². The quantitative estimate of drug-likeness (QED) is 0.573. The predicted octanol–water partition coefficient (Wildman–Crippen LogP) is 1.96. The van der Waals surface area contributed by atoms with Gasteiger partial charge in [-0.25, -0.2) is 0 Å². The Balaban J connectivity index is 3.31. The Morgan fingerprint density at radius 1 is 1.50 bits per heavy atom. The molecule has 1 aromatic rings. The van der Waals surface area contributed by atoms with E-state index in [4.69, 9.17) is 11.6 Å². The van der Waals surface area contributed by atoms with Gasteiger partial charge >= 0.3 is 73.9 Å². The van der Waals surface area contributed by atoms with Crippen LogP contribution >= 0.6 is 11.6 Å². The molecule has 0 aromatic heterocycles. The third-order valence-corrected chi connectivity index (χ3v) is 3.48. The van der Waals surface area contributed by atoms with E-state index in [-0.39, 0.29) is 5.82 Å². The van der Waals surface area contributed by atoms with Crippen LogP contribution in [0.3, 0.4) is 0 Å². The van der Waals surface area contributed by atoms with Crippen LogP contribution in [0, 0.1) is 12.7 Å². The van der Waals surface area contributed by atoms with E-state index in [0.29, 0.717) is 5.02 Å². The number of aryl methyl sites for hydroxylation is 1. The van der Waals surface area contributed by atoms with Gasteiger partial charge in [0.15, 0.2) is 0 Å². The third kappa shape index (κ3) is 1.56. The molecule has 1 rings (SSSR count). The summed E-state index contributed by atoms with van der Waals surface area (Å²) in [6.45, 7) is 1.81. The Morgan fingerprint density at radius 3 is 2.60 bits per heavy atom. The van der Waals surface area contributed by atoms with Crippen LogP contribution in [-0.4, -0.2) is 0 Å². The molecule has 0 atom stereocenters. The van der Waals surface area contributed by atoms with Gasteiger partial charge < -0.3 is 0 Å². The molecule has 0 unspecified atom stereocenters. The predicted molar refractivity (Wildman–Crippen MR) is 35.8 cm³/mol. The summed E-state index contributed by atoms with van der Waals surface area (Å²) in [4.78, 5) is 0. The number of hydrogen-bond acceptors (Lipinski definition) is 0. The topological polar surface area (TPSA) is 0 Å². The summed E-state index contributed by atoms with van der Waals surface area (Å²) in [6.07, 6.45) is 0. The van der Waals surface area contributed by atoms with Crippen LogP contribution in [0.25, 0.3) is 0 Å². The van der Waals surface area contributed by atoms with Gasteiger partial charge in [-0.1, -0.05) is 0 Å². The summed E-state index contributed by atoms with van der Waals surface area (Å²) in [5.41, 5.74) is 0.822. The van der Waals surface area contributed by atoms with Crippen molar-refractivity contribution in [3.8, 4) is 0 Å². The van der Waals surface area contributed by atoms with E-state index in [1.165, 1.54) is 12.1 Å². The van der Waals surface area contributed by atoms with Gasteiger partial charge in [0.2, 0.25) is 0 Å². The SMILES string of the molecule is Cc1cc(F)c[c]([Zn])c1Cl. The molecular formula is C7H5ClFZn. The van der Waals surface area contributed by atoms with Crippen molar-refractivity contribution in [3.05, 3.63) is 28.5 Å². The van der Waals surface area contributed by atoms with Gasteiger partial charge in [0, 0.05) is 0 Å². The van der Waals surface area contributed by atoms with Crippen molar-refractivity contribution in [2.75, 3.05) is 0 Å². The number of halogens is 2. The molecule has 0 saturated heterocycles. The summed E-state index contributed by atoms with van der Waals surface area (Å²) in [7, 11) is 0. The second-order valence-corrected chi connectivity index (χ2v) is 4.17. The Morgan fingerprint density at radius 2 is 2.10 bits per heavy atom. The maximum absolute atomic E-state index is 12.6. The van der Waals surface area contributed by atoms with E-state index >= 15 is 0 Å². The molecule has 3 heteroatoms. The van der Waals surface area contributed by atoms with Crippen LogP contribution in [-0.2, 0) is 18.3 Å². The van der Waals surface area contributed by atoms with Gasteiger partial charge in [0.05, 0.1) is 0 Å². The van der Waals surface area contributed by atoms with Gasteiger partial charge in [-0.05, 0) is 0 Å². The van der Waals surface area contributed by atoms with E-state index in [1.54, 1.807) is 0 Å². The van der Waals surface area contributed by atoms with Crippen molar-refractivity contribution in [1.29, 1.82) is 0 Å². The maximum atomic E-state index is 12.6. The monoisotopic (exact) mass is 207 g/mol. The molecule has 0 N–H and O–H groups in total. The van der Waals surface area contributed by atoms with Crippen molar-refractivity contribution in [2.24, 2.45) is 0 Å².